The standard InChI is InChI=1S/C11H11FN2O4S/c12-8-6-9(14(17)18)7(11(15)16)5-10(8)13-1-3-19-4-2-13/h5-6H,1-4H2,(H,15,16). The first-order chi connectivity index (χ1) is 9.00. The number of nitro groups is 1. The van der Waals surface area contributed by atoms with E-state index in [1.165, 1.54) is 0 Å². The van der Waals surface area contributed by atoms with Gasteiger partial charge in [-0.2, -0.15) is 11.8 Å². The summed E-state index contributed by atoms with van der Waals surface area (Å²) in [6.07, 6.45) is 0. The number of carboxylic acids is 1. The molecule has 1 fully saturated rings. The molecule has 1 aliphatic rings. The first-order valence-corrected chi connectivity index (χ1v) is 6.70. The SMILES string of the molecule is O=C(O)c1cc(N2CCSCC2)c(F)cc1[N+](=O)[O-]. The highest BCUT2D eigenvalue weighted by atomic mass is 32.2. The molecule has 1 aliphatic heterocycles. The van der Waals surface area contributed by atoms with Gasteiger partial charge in [-0.3, -0.25) is 10.1 Å². The van der Waals surface area contributed by atoms with Crippen LogP contribution >= 0.6 is 11.8 Å². The van der Waals surface area contributed by atoms with Gasteiger partial charge in [0.1, 0.15) is 5.56 Å². The second-order valence-corrected chi connectivity index (χ2v) is 5.21. The van der Waals surface area contributed by atoms with Gasteiger partial charge in [-0.15, -0.1) is 0 Å². The summed E-state index contributed by atoms with van der Waals surface area (Å²) >= 11 is 1.73. The number of aromatic carboxylic acids is 1. The maximum Gasteiger partial charge on any atom is 0.342 e. The van der Waals surface area contributed by atoms with Crippen molar-refractivity contribution in [1.82, 2.24) is 0 Å². The lowest BCUT2D eigenvalue weighted by Crippen LogP contribution is -2.33. The van der Waals surface area contributed by atoms with Crippen LogP contribution in [0, 0.1) is 15.9 Å². The van der Waals surface area contributed by atoms with Crippen LogP contribution in [-0.4, -0.2) is 40.6 Å². The van der Waals surface area contributed by atoms with Crippen molar-refractivity contribution in [1.29, 1.82) is 0 Å². The van der Waals surface area contributed by atoms with E-state index in [2.05, 4.69) is 0 Å². The number of thioether (sulfide) groups is 1. The Labute approximate surface area is 112 Å². The molecule has 1 heterocycles. The second kappa shape index (κ2) is 5.43. The van der Waals surface area contributed by atoms with Crippen molar-refractivity contribution in [3.63, 3.8) is 0 Å². The van der Waals surface area contributed by atoms with Gasteiger partial charge >= 0.3 is 5.97 Å². The van der Waals surface area contributed by atoms with Crippen molar-refractivity contribution in [3.8, 4) is 0 Å². The van der Waals surface area contributed by atoms with Crippen LogP contribution < -0.4 is 4.90 Å². The summed E-state index contributed by atoms with van der Waals surface area (Å²) in [6.45, 7) is 1.19. The summed E-state index contributed by atoms with van der Waals surface area (Å²) in [5.41, 5.74) is -1.09. The summed E-state index contributed by atoms with van der Waals surface area (Å²) in [6, 6.07) is 1.73. The Morgan fingerprint density at radius 3 is 2.58 bits per heavy atom. The Kier molecular flexibility index (Phi) is 3.89. The van der Waals surface area contributed by atoms with Gasteiger partial charge in [0.15, 0.2) is 5.82 Å². The number of halogens is 1. The summed E-state index contributed by atoms with van der Waals surface area (Å²) in [7, 11) is 0. The molecule has 0 spiro atoms. The van der Waals surface area contributed by atoms with Crippen LogP contribution in [0.25, 0.3) is 0 Å². The second-order valence-electron chi connectivity index (χ2n) is 3.98. The van der Waals surface area contributed by atoms with Crippen LogP contribution in [0.15, 0.2) is 12.1 Å². The number of nitro benzene ring substituents is 1. The van der Waals surface area contributed by atoms with E-state index in [1.54, 1.807) is 16.7 Å². The van der Waals surface area contributed by atoms with Crippen LogP contribution in [0.1, 0.15) is 10.4 Å². The minimum atomic E-state index is -1.43. The van der Waals surface area contributed by atoms with Crippen molar-refractivity contribution in [2.24, 2.45) is 0 Å². The molecule has 0 saturated carbocycles. The van der Waals surface area contributed by atoms with E-state index in [-0.39, 0.29) is 5.69 Å². The van der Waals surface area contributed by atoms with Crippen LogP contribution in [0.2, 0.25) is 0 Å². The van der Waals surface area contributed by atoms with Gasteiger partial charge in [0.05, 0.1) is 16.7 Å². The average molecular weight is 286 g/mol. The minimum Gasteiger partial charge on any atom is -0.477 e. The number of nitrogens with zero attached hydrogens (tertiary/aromatic N) is 2. The fourth-order valence-electron chi connectivity index (χ4n) is 1.92. The van der Waals surface area contributed by atoms with Gasteiger partial charge in [-0.05, 0) is 6.07 Å². The number of anilines is 1. The molecule has 6 nitrogen and oxygen atoms in total. The fraction of sp³-hybridized carbons (Fsp3) is 0.364. The minimum absolute atomic E-state index is 0.114. The third kappa shape index (κ3) is 2.78. The zero-order valence-corrected chi connectivity index (χ0v) is 10.7. The zero-order chi connectivity index (χ0) is 14.0. The van der Waals surface area contributed by atoms with Crippen molar-refractivity contribution >= 4 is 29.1 Å². The van der Waals surface area contributed by atoms with Gasteiger partial charge in [-0.25, -0.2) is 9.18 Å². The van der Waals surface area contributed by atoms with Crippen molar-refractivity contribution in [3.05, 3.63) is 33.6 Å². The molecule has 19 heavy (non-hydrogen) atoms. The molecule has 8 heteroatoms. The van der Waals surface area contributed by atoms with Gasteiger partial charge in [0, 0.05) is 24.6 Å². The third-order valence-electron chi connectivity index (χ3n) is 2.84. The van der Waals surface area contributed by atoms with E-state index < -0.39 is 28.0 Å². The maximum atomic E-state index is 13.9. The van der Waals surface area contributed by atoms with Gasteiger partial charge < -0.3 is 10.0 Å². The molecule has 0 aliphatic carbocycles. The number of carboxylic acid groups (broad SMARTS) is 1. The summed E-state index contributed by atoms with van der Waals surface area (Å²) in [4.78, 5) is 22.6. The van der Waals surface area contributed by atoms with Gasteiger partial charge in [0.25, 0.3) is 5.69 Å². The lowest BCUT2D eigenvalue weighted by Gasteiger charge is -2.28. The summed E-state index contributed by atoms with van der Waals surface area (Å²) < 4.78 is 13.9. The van der Waals surface area contributed by atoms with Crippen molar-refractivity contribution in [2.45, 2.75) is 0 Å². The molecule has 0 amide bonds. The summed E-state index contributed by atoms with van der Waals surface area (Å²) in [5.74, 6) is -0.555. The Balaban J connectivity index is 2.47. The highest BCUT2D eigenvalue weighted by Crippen LogP contribution is 2.30. The molecular weight excluding hydrogens is 275 g/mol. The third-order valence-corrected chi connectivity index (χ3v) is 3.79. The van der Waals surface area contributed by atoms with Crippen LogP contribution in [-0.2, 0) is 0 Å². The molecule has 102 valence electrons. The Hall–Kier alpha value is -1.83. The number of rotatable bonds is 3. The van der Waals surface area contributed by atoms with E-state index in [0.29, 0.717) is 19.2 Å². The fourth-order valence-corrected chi connectivity index (χ4v) is 2.82. The van der Waals surface area contributed by atoms with Crippen LogP contribution in [0.4, 0.5) is 15.8 Å². The first-order valence-electron chi connectivity index (χ1n) is 5.54. The highest BCUT2D eigenvalue weighted by molar-refractivity contribution is 7.99. The Morgan fingerprint density at radius 2 is 2.05 bits per heavy atom. The average Bonchev–Trinajstić information content (AvgIpc) is 2.39. The van der Waals surface area contributed by atoms with Gasteiger partial charge in [-0.1, -0.05) is 0 Å². The van der Waals surface area contributed by atoms with Crippen LogP contribution in [0.3, 0.4) is 0 Å². The van der Waals surface area contributed by atoms with Crippen molar-refractivity contribution in [2.75, 3.05) is 29.5 Å². The smallest absolute Gasteiger partial charge is 0.342 e. The number of carbonyl (C=O) groups is 1. The molecule has 1 N–H and O–H groups in total. The molecule has 0 radical (unpaired) electrons. The molecule has 0 atom stereocenters. The van der Waals surface area contributed by atoms with E-state index >= 15 is 0 Å². The van der Waals surface area contributed by atoms with Gasteiger partial charge in [0.2, 0.25) is 0 Å². The largest absolute Gasteiger partial charge is 0.477 e. The van der Waals surface area contributed by atoms with E-state index in [1.807, 2.05) is 0 Å². The summed E-state index contributed by atoms with van der Waals surface area (Å²) in [5, 5.41) is 19.7. The van der Waals surface area contributed by atoms with E-state index in [9.17, 15) is 19.3 Å². The molecule has 0 aromatic heterocycles. The molecule has 1 saturated heterocycles. The van der Waals surface area contributed by atoms with Crippen molar-refractivity contribution < 1.29 is 19.2 Å². The lowest BCUT2D eigenvalue weighted by atomic mass is 10.1. The predicted octanol–water partition coefficient (Wildman–Crippen LogP) is 1.99. The Bertz CT molecular complexity index is 532. The number of benzene rings is 1. The predicted molar refractivity (Wildman–Crippen MR) is 69.6 cm³/mol. The molecule has 0 unspecified atom stereocenters. The van der Waals surface area contributed by atoms with Crippen LogP contribution in [0.5, 0.6) is 0 Å². The molecular formula is C11H11FN2O4S. The number of hydrogen-bond acceptors (Lipinski definition) is 5. The Morgan fingerprint density at radius 1 is 1.42 bits per heavy atom. The van der Waals surface area contributed by atoms with E-state index in [4.69, 9.17) is 5.11 Å². The normalized spacial score (nSPS) is 15.3. The highest BCUT2D eigenvalue weighted by Gasteiger charge is 2.25. The molecule has 1 aromatic rings. The van der Waals surface area contributed by atoms with E-state index in [0.717, 1.165) is 17.6 Å². The molecule has 0 bridgehead atoms. The quantitative estimate of drug-likeness (QED) is 0.675. The topological polar surface area (TPSA) is 83.7 Å². The maximum absolute atomic E-state index is 13.9. The first kappa shape index (κ1) is 13.6. The monoisotopic (exact) mass is 286 g/mol. The molecule has 2 rings (SSSR count). The molecule has 1 aromatic carbocycles. The number of hydrogen-bond donors (Lipinski definition) is 1. The zero-order valence-electron chi connectivity index (χ0n) is 9.84. The lowest BCUT2D eigenvalue weighted by molar-refractivity contribution is -0.385.